The Kier molecular flexibility index (Phi) is 5.32. The van der Waals surface area contributed by atoms with Crippen molar-refractivity contribution in [1.82, 2.24) is 9.78 Å². The first-order valence-electron chi connectivity index (χ1n) is 5.85. The standard InChI is InChI=1S/C12H20BrClN2/c1-5-9(8(3)13)7-11-12(14)10(6-2)15-16(11)4/h8-9H,5-7H2,1-4H3. The van der Waals surface area contributed by atoms with E-state index in [1.54, 1.807) is 0 Å². The molecule has 0 fully saturated rings. The number of hydrogen-bond donors (Lipinski definition) is 0. The maximum absolute atomic E-state index is 6.34. The van der Waals surface area contributed by atoms with Gasteiger partial charge < -0.3 is 0 Å². The average molecular weight is 308 g/mol. The fraction of sp³-hybridized carbons (Fsp3) is 0.750. The first kappa shape index (κ1) is 14.0. The summed E-state index contributed by atoms with van der Waals surface area (Å²) in [5.41, 5.74) is 2.17. The van der Waals surface area contributed by atoms with Crippen LogP contribution >= 0.6 is 27.5 Å². The van der Waals surface area contributed by atoms with E-state index in [1.807, 2.05) is 11.7 Å². The van der Waals surface area contributed by atoms with Crippen LogP contribution in [0.1, 0.15) is 38.6 Å². The van der Waals surface area contributed by atoms with Crippen molar-refractivity contribution in [2.24, 2.45) is 13.0 Å². The summed E-state index contributed by atoms with van der Waals surface area (Å²) in [6.45, 7) is 6.50. The number of aryl methyl sites for hydroxylation is 2. The molecule has 0 saturated carbocycles. The third-order valence-electron chi connectivity index (χ3n) is 3.13. The molecule has 0 aliphatic heterocycles. The first-order valence-corrected chi connectivity index (χ1v) is 7.14. The van der Waals surface area contributed by atoms with Crippen LogP contribution in [0.25, 0.3) is 0 Å². The van der Waals surface area contributed by atoms with E-state index in [4.69, 9.17) is 11.6 Å². The molecule has 2 nitrogen and oxygen atoms in total. The second kappa shape index (κ2) is 6.06. The number of hydrogen-bond acceptors (Lipinski definition) is 1. The zero-order chi connectivity index (χ0) is 12.3. The molecule has 92 valence electrons. The Bertz CT molecular complexity index is 347. The molecule has 0 aliphatic carbocycles. The summed E-state index contributed by atoms with van der Waals surface area (Å²) < 4.78 is 1.93. The average Bonchev–Trinajstić information content (AvgIpc) is 2.51. The van der Waals surface area contributed by atoms with Crippen LogP contribution in [0.3, 0.4) is 0 Å². The molecular weight excluding hydrogens is 288 g/mol. The number of nitrogens with zero attached hydrogens (tertiary/aromatic N) is 2. The van der Waals surface area contributed by atoms with Crippen LogP contribution in [0.2, 0.25) is 5.02 Å². The molecule has 0 N–H and O–H groups in total. The second-order valence-electron chi connectivity index (χ2n) is 4.23. The second-order valence-corrected chi connectivity index (χ2v) is 6.06. The summed E-state index contributed by atoms with van der Waals surface area (Å²) in [5.74, 6) is 0.609. The normalized spacial score (nSPS) is 15.1. The predicted molar refractivity (Wildman–Crippen MR) is 73.5 cm³/mol. The minimum absolute atomic E-state index is 0.508. The molecule has 1 heterocycles. The van der Waals surface area contributed by atoms with Gasteiger partial charge in [0.25, 0.3) is 0 Å². The van der Waals surface area contributed by atoms with Crippen LogP contribution in [-0.2, 0) is 19.9 Å². The molecule has 16 heavy (non-hydrogen) atoms. The highest BCUT2D eigenvalue weighted by atomic mass is 79.9. The lowest BCUT2D eigenvalue weighted by Crippen LogP contribution is -2.15. The molecule has 0 aliphatic rings. The summed E-state index contributed by atoms with van der Waals surface area (Å²) in [6.07, 6.45) is 3.04. The van der Waals surface area contributed by atoms with Crippen molar-refractivity contribution in [2.45, 2.75) is 44.9 Å². The van der Waals surface area contributed by atoms with Gasteiger partial charge in [0.2, 0.25) is 0 Å². The molecule has 2 unspecified atom stereocenters. The van der Waals surface area contributed by atoms with E-state index < -0.39 is 0 Å². The molecule has 0 spiro atoms. The third-order valence-corrected chi connectivity index (χ3v) is 4.32. The molecule has 4 heteroatoms. The van der Waals surface area contributed by atoms with Gasteiger partial charge in [-0.15, -0.1) is 0 Å². The molecule has 0 bridgehead atoms. The largest absolute Gasteiger partial charge is 0.271 e. The van der Waals surface area contributed by atoms with Crippen molar-refractivity contribution < 1.29 is 0 Å². The summed E-state index contributed by atoms with van der Waals surface area (Å²) in [5, 5.41) is 5.30. The van der Waals surface area contributed by atoms with Gasteiger partial charge in [-0.3, -0.25) is 4.68 Å². The van der Waals surface area contributed by atoms with Crippen LogP contribution in [0.4, 0.5) is 0 Å². The summed E-state index contributed by atoms with van der Waals surface area (Å²) in [6, 6.07) is 0. The maximum atomic E-state index is 6.34. The van der Waals surface area contributed by atoms with Crippen LogP contribution in [0, 0.1) is 5.92 Å². The lowest BCUT2D eigenvalue weighted by atomic mass is 9.97. The van der Waals surface area contributed by atoms with Gasteiger partial charge in [0.15, 0.2) is 0 Å². The maximum Gasteiger partial charge on any atom is 0.0849 e. The van der Waals surface area contributed by atoms with Gasteiger partial charge in [-0.2, -0.15) is 5.10 Å². The quantitative estimate of drug-likeness (QED) is 0.752. The van der Waals surface area contributed by atoms with Gasteiger partial charge >= 0.3 is 0 Å². The Hall–Kier alpha value is -0.0200. The topological polar surface area (TPSA) is 17.8 Å². The lowest BCUT2D eigenvalue weighted by Gasteiger charge is -2.17. The van der Waals surface area contributed by atoms with Crippen LogP contribution < -0.4 is 0 Å². The van der Waals surface area contributed by atoms with Crippen LogP contribution in [0.15, 0.2) is 0 Å². The highest BCUT2D eigenvalue weighted by Gasteiger charge is 2.19. The lowest BCUT2D eigenvalue weighted by molar-refractivity contribution is 0.489. The Morgan fingerprint density at radius 1 is 1.44 bits per heavy atom. The fourth-order valence-corrected chi connectivity index (χ4v) is 2.85. The zero-order valence-corrected chi connectivity index (χ0v) is 12.8. The van der Waals surface area contributed by atoms with E-state index in [-0.39, 0.29) is 0 Å². The molecule has 1 rings (SSSR count). The number of aromatic nitrogens is 2. The van der Waals surface area contributed by atoms with Gasteiger partial charge in [0, 0.05) is 11.9 Å². The number of rotatable bonds is 5. The van der Waals surface area contributed by atoms with E-state index in [1.165, 1.54) is 0 Å². The molecule has 0 amide bonds. The van der Waals surface area contributed by atoms with E-state index in [0.717, 1.165) is 35.7 Å². The molecule has 2 atom stereocenters. The molecule has 1 aromatic heterocycles. The third kappa shape index (κ3) is 3.01. The van der Waals surface area contributed by atoms with Gasteiger partial charge in [-0.05, 0) is 18.8 Å². The predicted octanol–water partition coefficient (Wildman–Crippen LogP) is 3.99. The smallest absolute Gasteiger partial charge is 0.0849 e. The summed E-state index contributed by atoms with van der Waals surface area (Å²) >= 11 is 10.00. The molecule has 0 saturated heterocycles. The molecule has 0 radical (unpaired) electrons. The number of alkyl halides is 1. The highest BCUT2D eigenvalue weighted by molar-refractivity contribution is 9.09. The van der Waals surface area contributed by atoms with Crippen LogP contribution in [-0.4, -0.2) is 14.6 Å². The molecule has 1 aromatic rings. The minimum atomic E-state index is 0.508. The Labute approximate surface area is 111 Å². The highest BCUT2D eigenvalue weighted by Crippen LogP contribution is 2.27. The Balaban J connectivity index is 2.91. The Morgan fingerprint density at radius 2 is 2.06 bits per heavy atom. The van der Waals surface area contributed by atoms with Crippen molar-refractivity contribution in [2.75, 3.05) is 0 Å². The monoisotopic (exact) mass is 306 g/mol. The van der Waals surface area contributed by atoms with E-state index in [2.05, 4.69) is 41.8 Å². The van der Waals surface area contributed by atoms with Crippen LogP contribution in [0.5, 0.6) is 0 Å². The first-order chi connectivity index (χ1) is 7.51. The van der Waals surface area contributed by atoms with Crippen molar-refractivity contribution in [3.8, 4) is 0 Å². The minimum Gasteiger partial charge on any atom is -0.271 e. The van der Waals surface area contributed by atoms with Crippen molar-refractivity contribution >= 4 is 27.5 Å². The van der Waals surface area contributed by atoms with Gasteiger partial charge in [-0.1, -0.05) is 54.7 Å². The Morgan fingerprint density at radius 3 is 2.44 bits per heavy atom. The van der Waals surface area contributed by atoms with E-state index in [0.29, 0.717) is 10.7 Å². The summed E-state index contributed by atoms with van der Waals surface area (Å²) in [7, 11) is 1.98. The van der Waals surface area contributed by atoms with Crippen molar-refractivity contribution in [3.05, 3.63) is 16.4 Å². The van der Waals surface area contributed by atoms with Crippen molar-refractivity contribution in [1.29, 1.82) is 0 Å². The SMILES string of the molecule is CCc1nn(C)c(CC(CC)C(C)Br)c1Cl. The summed E-state index contributed by atoms with van der Waals surface area (Å²) in [4.78, 5) is 0.508. The van der Waals surface area contributed by atoms with E-state index in [9.17, 15) is 0 Å². The van der Waals surface area contributed by atoms with E-state index >= 15 is 0 Å². The van der Waals surface area contributed by atoms with Crippen molar-refractivity contribution in [3.63, 3.8) is 0 Å². The fourth-order valence-electron chi connectivity index (χ4n) is 1.92. The number of halogens is 2. The molecule has 0 aromatic carbocycles. The molecular formula is C12H20BrClN2. The van der Waals surface area contributed by atoms with Gasteiger partial charge in [0.1, 0.15) is 0 Å². The zero-order valence-electron chi connectivity index (χ0n) is 10.4. The van der Waals surface area contributed by atoms with Gasteiger partial charge in [0.05, 0.1) is 16.4 Å². The van der Waals surface area contributed by atoms with Gasteiger partial charge in [-0.25, -0.2) is 0 Å².